The Morgan fingerprint density at radius 2 is 0.500 bits per heavy atom. The van der Waals surface area contributed by atoms with Crippen molar-refractivity contribution in [3.63, 3.8) is 0 Å². The second kappa shape index (κ2) is 38.8. The fourth-order valence-corrected chi connectivity index (χ4v) is 22.1. The van der Waals surface area contributed by atoms with E-state index in [1.54, 1.807) is 0 Å². The summed E-state index contributed by atoms with van der Waals surface area (Å²) in [6.07, 6.45) is 30.4. The molecule has 0 spiro atoms. The molecule has 0 aliphatic carbocycles. The minimum absolute atomic E-state index is 0.883. The molecular weight excluding hydrogens is 1720 g/mol. The Morgan fingerprint density at radius 3 is 0.873 bits per heavy atom. The molecule has 0 aliphatic heterocycles. The highest BCUT2D eigenvalue weighted by Gasteiger charge is 2.26. The van der Waals surface area contributed by atoms with Crippen LogP contribution in [0.1, 0.15) is 148 Å². The average Bonchev–Trinajstić information content (AvgIpc) is 1.56. The van der Waals surface area contributed by atoms with Crippen molar-refractivity contribution in [2.45, 2.75) is 133 Å². The summed E-state index contributed by atoms with van der Waals surface area (Å²) in [6, 6.07) is 135. The second-order valence-corrected chi connectivity index (χ2v) is 38.9. The summed E-state index contributed by atoms with van der Waals surface area (Å²) in [7, 11) is 0. The van der Waals surface area contributed by atoms with Crippen LogP contribution >= 0.6 is 0 Å². The molecule has 8 nitrogen and oxygen atoms in total. The van der Waals surface area contributed by atoms with Crippen molar-refractivity contribution in [2.75, 3.05) is 0 Å². The Hall–Kier alpha value is -16.4. The fraction of sp³-hybridized carbons (Fsp3) is 0.149. The first-order valence-corrected chi connectivity index (χ1v) is 51.1. The molecule has 142 heavy (non-hydrogen) atoms. The van der Waals surface area contributed by atoms with E-state index in [1.807, 2.05) is 0 Å². The van der Waals surface area contributed by atoms with Crippen molar-refractivity contribution in [3.05, 3.63) is 432 Å². The van der Waals surface area contributed by atoms with Crippen LogP contribution in [0, 0.1) is 27.7 Å². The Bertz CT molecular complexity index is 9100. The first-order chi connectivity index (χ1) is 69.9. The Morgan fingerprint density at radius 1 is 0.218 bits per heavy atom. The number of nitrogens with zero attached hydrogens (tertiary/aromatic N) is 8. The van der Waals surface area contributed by atoms with Gasteiger partial charge in [0.15, 0.2) is 11.6 Å². The number of aromatic nitrogens is 8. The molecule has 6 aromatic heterocycles. The third kappa shape index (κ3) is 16.9. The van der Waals surface area contributed by atoms with Crippen LogP contribution in [0.3, 0.4) is 0 Å². The fourth-order valence-electron chi connectivity index (χ4n) is 22.1. The highest BCUT2D eigenvalue weighted by molar-refractivity contribution is 6.19. The smallest absolute Gasteiger partial charge is 0.164 e. The van der Waals surface area contributed by atoms with E-state index in [9.17, 15) is 0 Å². The van der Waals surface area contributed by atoms with Crippen LogP contribution in [-0.4, -0.2) is 37.6 Å². The van der Waals surface area contributed by atoms with Gasteiger partial charge in [0, 0.05) is 101 Å². The highest BCUT2D eigenvalue weighted by Crippen LogP contribution is 2.46. The van der Waals surface area contributed by atoms with Crippen LogP contribution in [0.15, 0.2) is 376 Å². The van der Waals surface area contributed by atoms with Gasteiger partial charge in [0.1, 0.15) is 0 Å². The molecule has 0 unspecified atom stereocenters. The van der Waals surface area contributed by atoms with Crippen LogP contribution in [0.25, 0.3) is 235 Å². The normalized spacial score (nSPS) is 12.2. The number of unbranched alkanes of at least 4 members (excludes halogenated alkanes) is 8. The first kappa shape index (κ1) is 89.5. The maximum atomic E-state index is 4.85. The highest BCUT2D eigenvalue weighted by atomic mass is 15.3. The Labute approximate surface area is 831 Å². The lowest BCUT2D eigenvalue weighted by Gasteiger charge is -2.19. The molecule has 6 heterocycles. The number of fused-ring (bicyclic) bond motifs is 16. The summed E-state index contributed by atoms with van der Waals surface area (Å²) in [5.74, 6) is 1.84. The van der Waals surface area contributed by atoms with E-state index < -0.39 is 0 Å². The van der Waals surface area contributed by atoms with Crippen molar-refractivity contribution < 1.29 is 0 Å². The lowest BCUT2D eigenvalue weighted by molar-refractivity contribution is 0.561. The minimum atomic E-state index is 0.883. The minimum Gasteiger partial charge on any atom is -0.341 e. The van der Waals surface area contributed by atoms with Gasteiger partial charge in [0.05, 0.1) is 66.9 Å². The van der Waals surface area contributed by atoms with Crippen LogP contribution in [0.4, 0.5) is 0 Å². The molecule has 0 atom stereocenters. The van der Waals surface area contributed by atoms with Gasteiger partial charge in [-0.1, -0.05) is 379 Å². The molecule has 0 bridgehead atoms. The molecule has 0 aliphatic rings. The standard InChI is InChI=1S/C68H59N3.C66H57N5/c1-6-8-9-14-36-69-61(49-27-20-45(3)21-28-49)34-35-62(69)50-29-24-48(25-30-50)26-31-56-44-65(70-63-32-22-46(4)37-57(63)59-39-51-16-10-12-18-53(51)41-67(59)70)55(15-7-2)43-66(56)71-64-33-23-47(5)38-58(64)60-40-52-17-11-13-19-54(52)42-68(60)71;1-4-6-7-8-9-18-38-69-65(47-33-28-45(3)29-34-47)67-68-66(69)48-35-30-46(31-36-48)32-37-54-44-61(70-59-26-16-14-24-55(59)57-39-49-20-10-12-22-51(49)41-63(57)70)53(19-5-2)43-62(54)71-60-27-17-15-25-56(60)58-40-50-21-11-13-23-52(50)42-64(58)71/h7,10-13,15-35,37-44H,6,8-9,14,36H2,1-5H3;5,10-17,19-37,39-44H,4,6-9,18,38H2,1-3H3/b15-7+,31-26+;19-5+,37-32+. The molecule has 692 valence electrons. The maximum Gasteiger partial charge on any atom is 0.164 e. The van der Waals surface area contributed by atoms with Crippen molar-refractivity contribution in [1.82, 2.24) is 37.6 Å². The molecule has 0 fully saturated rings. The van der Waals surface area contributed by atoms with Gasteiger partial charge >= 0.3 is 0 Å². The number of hydrogen-bond donors (Lipinski definition) is 0. The number of rotatable bonds is 26. The van der Waals surface area contributed by atoms with E-state index in [2.05, 4.69) is 495 Å². The van der Waals surface area contributed by atoms with Gasteiger partial charge in [0.2, 0.25) is 0 Å². The monoisotopic (exact) mass is 1840 g/mol. The van der Waals surface area contributed by atoms with Gasteiger partial charge in [0.25, 0.3) is 0 Å². The van der Waals surface area contributed by atoms with Crippen LogP contribution in [0.5, 0.6) is 0 Å². The summed E-state index contributed by atoms with van der Waals surface area (Å²) in [4.78, 5) is 0. The molecular formula is C134H116N8. The van der Waals surface area contributed by atoms with Crippen LogP contribution < -0.4 is 0 Å². The number of allylic oxidation sites excluding steroid dienone is 2. The summed E-state index contributed by atoms with van der Waals surface area (Å²) in [5, 5.41) is 29.5. The third-order valence-corrected chi connectivity index (χ3v) is 29.3. The van der Waals surface area contributed by atoms with E-state index in [-0.39, 0.29) is 0 Å². The van der Waals surface area contributed by atoms with Gasteiger partial charge in [-0.3, -0.25) is 0 Å². The molecule has 24 rings (SSSR count). The first-order valence-electron chi connectivity index (χ1n) is 51.1. The zero-order chi connectivity index (χ0) is 96.0. The number of para-hydroxylation sites is 2. The molecule has 0 radical (unpaired) electrons. The zero-order valence-electron chi connectivity index (χ0n) is 82.3. The lowest BCUT2D eigenvalue weighted by atomic mass is 10.0. The van der Waals surface area contributed by atoms with E-state index in [4.69, 9.17) is 10.2 Å². The quantitative estimate of drug-likeness (QED) is 0.0401. The molecule has 0 amide bonds. The number of benzene rings is 18. The summed E-state index contributed by atoms with van der Waals surface area (Å²) < 4.78 is 14.9. The topological polar surface area (TPSA) is 55.4 Å². The maximum absolute atomic E-state index is 4.85. The van der Waals surface area contributed by atoms with Gasteiger partial charge in [-0.25, -0.2) is 0 Å². The molecule has 0 N–H and O–H groups in total. The van der Waals surface area contributed by atoms with E-state index in [1.165, 1.54) is 233 Å². The lowest BCUT2D eigenvalue weighted by Crippen LogP contribution is -2.04. The molecule has 0 saturated heterocycles. The van der Waals surface area contributed by atoms with Crippen LogP contribution in [-0.2, 0) is 13.1 Å². The summed E-state index contributed by atoms with van der Waals surface area (Å²) in [6.45, 7) is 19.4. The molecule has 18 aromatic carbocycles. The molecule has 8 heteroatoms. The number of aryl methyl sites for hydroxylation is 4. The SMILES string of the molecule is C/C=C/c1cc(-n2c3ccc(C)cc3c3cc4ccccc4cc32)c(/C=C/c2ccc(-c3ccc(-c4ccc(C)cc4)n3CCCCCC)cc2)cc1-n1c2ccc(C)cc2c2cc3ccccc3cc21.C/C=C/c1cc(-n2c3ccccc3c3cc4ccccc4cc32)c(/C=C/c2ccc(-c3nnc(-c4ccc(C)cc4)n3CCCCCCCC)cc2)cc1-n1c2ccccc2c2cc3ccccc3cc21. The average molecular weight is 1840 g/mol. The summed E-state index contributed by atoms with van der Waals surface area (Å²) >= 11 is 0. The van der Waals surface area contributed by atoms with Gasteiger partial charge in [-0.15, -0.1) is 10.2 Å². The number of hydrogen-bond acceptors (Lipinski definition) is 2. The third-order valence-electron chi connectivity index (χ3n) is 29.3. The molecule has 0 saturated carbocycles. The predicted octanol–water partition coefficient (Wildman–Crippen LogP) is 37.0. The molecule has 24 aromatic rings. The van der Waals surface area contributed by atoms with Gasteiger partial charge in [-0.05, 0) is 241 Å². The van der Waals surface area contributed by atoms with E-state index in [0.29, 0.717) is 0 Å². The van der Waals surface area contributed by atoms with Gasteiger partial charge in [-0.2, -0.15) is 0 Å². The van der Waals surface area contributed by atoms with Gasteiger partial charge < -0.3 is 27.4 Å². The summed E-state index contributed by atoms with van der Waals surface area (Å²) in [5.41, 5.74) is 33.1. The van der Waals surface area contributed by atoms with E-state index >= 15 is 0 Å². The van der Waals surface area contributed by atoms with Crippen molar-refractivity contribution in [2.24, 2.45) is 0 Å². The Balaban J connectivity index is 0.000000158. The largest absolute Gasteiger partial charge is 0.341 e. The van der Waals surface area contributed by atoms with Crippen molar-refractivity contribution in [1.29, 1.82) is 0 Å². The van der Waals surface area contributed by atoms with Crippen molar-refractivity contribution >= 4 is 167 Å². The van der Waals surface area contributed by atoms with Crippen LogP contribution in [0.2, 0.25) is 0 Å². The van der Waals surface area contributed by atoms with E-state index in [0.717, 1.165) is 98.4 Å². The zero-order valence-corrected chi connectivity index (χ0v) is 82.3. The predicted molar refractivity (Wildman–Crippen MR) is 610 cm³/mol. The second-order valence-electron chi connectivity index (χ2n) is 38.9. The van der Waals surface area contributed by atoms with Crippen molar-refractivity contribution in [3.8, 4) is 68.0 Å². The Kier molecular flexibility index (Phi) is 24.4.